The molecule has 98 valence electrons. The highest BCUT2D eigenvalue weighted by Crippen LogP contribution is 2.34. The minimum absolute atomic E-state index is 0.126. The molecule has 0 aliphatic rings. The summed E-state index contributed by atoms with van der Waals surface area (Å²) >= 11 is 7.00. The summed E-state index contributed by atoms with van der Waals surface area (Å²) in [6.07, 6.45) is 4.50. The number of hydrogen-bond donors (Lipinski definition) is 2. The summed E-state index contributed by atoms with van der Waals surface area (Å²) in [7, 11) is 0. The molecule has 0 aliphatic heterocycles. The van der Waals surface area contributed by atoms with E-state index >= 15 is 0 Å². The molecular formula is C13H12BrN3S2. The average Bonchev–Trinajstić information content (AvgIpc) is 2.96. The predicted octanol–water partition coefficient (Wildman–Crippen LogP) is 3.87. The van der Waals surface area contributed by atoms with E-state index in [4.69, 9.17) is 5.84 Å². The Kier molecular flexibility index (Phi) is 3.95. The molecule has 3 heterocycles. The monoisotopic (exact) mass is 353 g/mol. The molecule has 1 unspecified atom stereocenters. The van der Waals surface area contributed by atoms with E-state index in [1.807, 2.05) is 6.20 Å². The molecule has 3 rings (SSSR count). The molecule has 0 aromatic carbocycles. The zero-order valence-corrected chi connectivity index (χ0v) is 13.2. The third kappa shape index (κ3) is 2.88. The van der Waals surface area contributed by atoms with Gasteiger partial charge in [0.25, 0.3) is 0 Å². The molecule has 0 radical (unpaired) electrons. The molecule has 3 N–H and O–H groups in total. The number of nitrogens with two attached hydrogens (primary N) is 1. The van der Waals surface area contributed by atoms with Crippen molar-refractivity contribution in [3.8, 4) is 0 Å². The summed E-state index contributed by atoms with van der Waals surface area (Å²) in [5.74, 6) is 5.71. The van der Waals surface area contributed by atoms with Crippen LogP contribution in [0.15, 0.2) is 40.4 Å². The van der Waals surface area contributed by atoms with Crippen LogP contribution in [0.25, 0.3) is 9.40 Å². The van der Waals surface area contributed by atoms with Gasteiger partial charge in [-0.3, -0.25) is 16.3 Å². The fraction of sp³-hybridized carbons (Fsp3) is 0.154. The second kappa shape index (κ2) is 5.68. The fourth-order valence-electron chi connectivity index (χ4n) is 2.00. The van der Waals surface area contributed by atoms with Gasteiger partial charge in [-0.15, -0.1) is 22.7 Å². The summed E-state index contributed by atoms with van der Waals surface area (Å²) < 4.78 is 3.65. The SMILES string of the molecule is NNC(Cc1cncc(Br)c1)c1cc2sccc2s1. The Morgan fingerprint density at radius 3 is 2.95 bits per heavy atom. The van der Waals surface area contributed by atoms with E-state index in [2.05, 4.69) is 49.9 Å². The average molecular weight is 354 g/mol. The number of rotatable bonds is 4. The molecule has 1 atom stereocenters. The molecule has 6 heteroatoms. The quantitative estimate of drug-likeness (QED) is 0.552. The predicted molar refractivity (Wildman–Crippen MR) is 85.4 cm³/mol. The van der Waals surface area contributed by atoms with Crippen LogP contribution < -0.4 is 11.3 Å². The van der Waals surface area contributed by atoms with Crippen molar-refractivity contribution in [1.29, 1.82) is 0 Å². The summed E-state index contributed by atoms with van der Waals surface area (Å²) in [4.78, 5) is 5.46. The fourth-order valence-corrected chi connectivity index (χ4v) is 4.59. The number of aromatic nitrogens is 1. The Hall–Kier alpha value is -0.790. The molecule has 0 aliphatic carbocycles. The third-order valence-corrected chi connectivity index (χ3v) is 5.55. The Balaban J connectivity index is 1.86. The molecule has 0 bridgehead atoms. The number of nitrogens with one attached hydrogen (secondary N) is 1. The number of hydrogen-bond acceptors (Lipinski definition) is 5. The van der Waals surface area contributed by atoms with E-state index in [0.717, 1.165) is 16.5 Å². The van der Waals surface area contributed by atoms with Crippen molar-refractivity contribution in [3.63, 3.8) is 0 Å². The summed E-state index contributed by atoms with van der Waals surface area (Å²) in [5, 5.41) is 2.12. The Morgan fingerprint density at radius 1 is 1.32 bits per heavy atom. The van der Waals surface area contributed by atoms with E-state index in [0.29, 0.717) is 0 Å². The lowest BCUT2D eigenvalue weighted by molar-refractivity contribution is 0.560. The molecule has 0 spiro atoms. The van der Waals surface area contributed by atoms with Gasteiger partial charge in [-0.1, -0.05) is 0 Å². The minimum Gasteiger partial charge on any atom is -0.271 e. The van der Waals surface area contributed by atoms with Gasteiger partial charge in [0.05, 0.1) is 6.04 Å². The van der Waals surface area contributed by atoms with Gasteiger partial charge < -0.3 is 0 Å². The zero-order valence-electron chi connectivity index (χ0n) is 9.97. The normalized spacial score (nSPS) is 12.9. The van der Waals surface area contributed by atoms with Crippen LogP contribution in [0.5, 0.6) is 0 Å². The molecule has 3 nitrogen and oxygen atoms in total. The maximum atomic E-state index is 5.71. The van der Waals surface area contributed by atoms with Crippen LogP contribution in [0.2, 0.25) is 0 Å². The highest BCUT2D eigenvalue weighted by atomic mass is 79.9. The number of hydrazine groups is 1. The highest BCUT2D eigenvalue weighted by molar-refractivity contribution is 9.10. The standard InChI is InChI=1S/C13H12BrN3S2/c14-9-3-8(6-16-7-9)4-10(17-15)12-5-13-11(19-12)1-2-18-13/h1-3,5-7,10,17H,4,15H2. The van der Waals surface area contributed by atoms with Crippen molar-refractivity contribution in [1.82, 2.24) is 10.4 Å². The lowest BCUT2D eigenvalue weighted by Crippen LogP contribution is -2.28. The first-order valence-corrected chi connectivity index (χ1v) is 8.27. The van der Waals surface area contributed by atoms with Crippen molar-refractivity contribution in [2.75, 3.05) is 0 Å². The first-order valence-electron chi connectivity index (χ1n) is 5.79. The second-order valence-electron chi connectivity index (χ2n) is 4.23. The highest BCUT2D eigenvalue weighted by Gasteiger charge is 2.14. The van der Waals surface area contributed by atoms with Crippen LogP contribution in [-0.4, -0.2) is 4.98 Å². The number of nitrogens with zero attached hydrogens (tertiary/aromatic N) is 1. The topological polar surface area (TPSA) is 50.9 Å². The Labute approximate surface area is 127 Å². The Bertz CT molecular complexity index is 663. The van der Waals surface area contributed by atoms with Crippen LogP contribution in [0.1, 0.15) is 16.5 Å². The van der Waals surface area contributed by atoms with E-state index in [9.17, 15) is 0 Å². The number of pyridine rings is 1. The molecular weight excluding hydrogens is 342 g/mol. The van der Waals surface area contributed by atoms with Crippen molar-refractivity contribution in [2.24, 2.45) is 5.84 Å². The molecule has 0 saturated carbocycles. The largest absolute Gasteiger partial charge is 0.271 e. The van der Waals surface area contributed by atoms with E-state index in [-0.39, 0.29) is 6.04 Å². The number of thiophene rings is 2. The zero-order chi connectivity index (χ0) is 13.2. The van der Waals surface area contributed by atoms with E-state index < -0.39 is 0 Å². The lowest BCUT2D eigenvalue weighted by atomic mass is 10.1. The van der Waals surface area contributed by atoms with Crippen molar-refractivity contribution < 1.29 is 0 Å². The van der Waals surface area contributed by atoms with Crippen LogP contribution >= 0.6 is 38.6 Å². The minimum atomic E-state index is 0.126. The summed E-state index contributed by atoms with van der Waals surface area (Å²) in [6.45, 7) is 0. The maximum Gasteiger partial charge on any atom is 0.0594 e. The Morgan fingerprint density at radius 2 is 2.21 bits per heavy atom. The van der Waals surface area contributed by atoms with Gasteiger partial charge >= 0.3 is 0 Å². The van der Waals surface area contributed by atoms with E-state index in [1.165, 1.54) is 14.3 Å². The molecule has 19 heavy (non-hydrogen) atoms. The van der Waals surface area contributed by atoms with Gasteiger partial charge in [0.1, 0.15) is 0 Å². The van der Waals surface area contributed by atoms with Gasteiger partial charge in [0, 0.05) is 31.1 Å². The molecule has 3 aromatic rings. The van der Waals surface area contributed by atoms with Crippen LogP contribution in [0, 0.1) is 0 Å². The van der Waals surface area contributed by atoms with Crippen LogP contribution in [0.3, 0.4) is 0 Å². The van der Waals surface area contributed by atoms with Crippen molar-refractivity contribution in [3.05, 3.63) is 50.9 Å². The van der Waals surface area contributed by atoms with Crippen molar-refractivity contribution >= 4 is 48.0 Å². The molecule has 0 fully saturated rings. The molecule has 0 amide bonds. The van der Waals surface area contributed by atoms with Crippen LogP contribution in [-0.2, 0) is 6.42 Å². The van der Waals surface area contributed by atoms with Gasteiger partial charge in [0.15, 0.2) is 0 Å². The maximum absolute atomic E-state index is 5.71. The number of fused-ring (bicyclic) bond motifs is 1. The van der Waals surface area contributed by atoms with Crippen LogP contribution in [0.4, 0.5) is 0 Å². The van der Waals surface area contributed by atoms with Gasteiger partial charge in [0.2, 0.25) is 0 Å². The van der Waals surface area contributed by atoms with Gasteiger partial charge in [-0.2, -0.15) is 0 Å². The first kappa shape index (κ1) is 13.2. The van der Waals surface area contributed by atoms with Gasteiger partial charge in [-0.05, 0) is 51.5 Å². The van der Waals surface area contributed by atoms with E-state index in [1.54, 1.807) is 28.9 Å². The summed E-state index contributed by atoms with van der Waals surface area (Å²) in [5.41, 5.74) is 4.07. The molecule has 3 aromatic heterocycles. The summed E-state index contributed by atoms with van der Waals surface area (Å²) in [6, 6.07) is 6.58. The third-order valence-electron chi connectivity index (χ3n) is 2.90. The lowest BCUT2D eigenvalue weighted by Gasteiger charge is -2.14. The smallest absolute Gasteiger partial charge is 0.0594 e. The second-order valence-corrected chi connectivity index (χ2v) is 7.21. The molecule has 0 saturated heterocycles. The number of halogens is 1. The first-order chi connectivity index (χ1) is 9.26. The van der Waals surface area contributed by atoms with Crippen molar-refractivity contribution in [2.45, 2.75) is 12.5 Å². The van der Waals surface area contributed by atoms with Gasteiger partial charge in [-0.25, -0.2) is 0 Å².